The van der Waals surface area contributed by atoms with Gasteiger partial charge in [-0.25, -0.2) is 0 Å². The molecule has 0 aromatic rings. The van der Waals surface area contributed by atoms with Crippen molar-refractivity contribution < 1.29 is 14.6 Å². The van der Waals surface area contributed by atoms with Crippen LogP contribution in [0.3, 0.4) is 0 Å². The Bertz CT molecular complexity index is 792. The first-order valence-electron chi connectivity index (χ1n) is 13.2. The van der Waals surface area contributed by atoms with Crippen molar-refractivity contribution in [2.45, 2.75) is 90.1 Å². The second-order valence-electron chi connectivity index (χ2n) is 12.5. The lowest BCUT2D eigenvalue weighted by Crippen LogP contribution is -2.56. The van der Waals surface area contributed by atoms with E-state index >= 15 is 0 Å². The van der Waals surface area contributed by atoms with Crippen molar-refractivity contribution in [3.05, 3.63) is 12.3 Å². The summed E-state index contributed by atoms with van der Waals surface area (Å²) in [5.41, 5.74) is -0.0873. The molecule has 4 fully saturated rings. The molecule has 1 unspecified atom stereocenters. The van der Waals surface area contributed by atoms with Crippen LogP contribution in [0.4, 0.5) is 0 Å². The third-order valence-electron chi connectivity index (χ3n) is 11.0. The molecule has 5 aliphatic rings. The molecule has 4 aliphatic carbocycles. The van der Waals surface area contributed by atoms with Crippen LogP contribution >= 0.6 is 0 Å². The SMILES string of the molecule is COC[C@@]1(O)CC[C@@]2(C)[C@@H](CC[C@@H]3[C@@H]2CC[C@]2(C)[C@@H](C(=O)CC4C=CN=CC4)CC[C@@H]32)C1. The summed E-state index contributed by atoms with van der Waals surface area (Å²) in [4.78, 5) is 17.6. The number of carbonyl (C=O) groups excluding carboxylic acids is 1. The zero-order valence-corrected chi connectivity index (χ0v) is 20.4. The van der Waals surface area contributed by atoms with E-state index in [-0.39, 0.29) is 11.3 Å². The number of nitrogens with zero attached hydrogens (tertiary/aromatic N) is 1. The highest BCUT2D eigenvalue weighted by Gasteiger charge is 2.62. The summed E-state index contributed by atoms with van der Waals surface area (Å²) >= 11 is 0. The highest BCUT2D eigenvalue weighted by atomic mass is 16.5. The van der Waals surface area contributed by atoms with Crippen LogP contribution in [0.25, 0.3) is 0 Å². The summed E-state index contributed by atoms with van der Waals surface area (Å²) in [7, 11) is 1.71. The van der Waals surface area contributed by atoms with E-state index in [1.807, 2.05) is 12.4 Å². The topological polar surface area (TPSA) is 58.9 Å². The predicted molar refractivity (Wildman–Crippen MR) is 127 cm³/mol. The van der Waals surface area contributed by atoms with E-state index in [1.54, 1.807) is 7.11 Å². The number of aliphatic hydroxyl groups is 1. The maximum absolute atomic E-state index is 13.4. The lowest BCUT2D eigenvalue weighted by atomic mass is 9.44. The predicted octanol–water partition coefficient (Wildman–Crippen LogP) is 5.59. The molecule has 4 heteroatoms. The van der Waals surface area contributed by atoms with Crippen molar-refractivity contribution >= 4 is 12.0 Å². The minimum atomic E-state index is -0.627. The van der Waals surface area contributed by atoms with Gasteiger partial charge in [0.1, 0.15) is 5.78 Å². The lowest BCUT2D eigenvalue weighted by Gasteiger charge is -2.62. The van der Waals surface area contributed by atoms with E-state index in [1.165, 1.54) is 32.1 Å². The van der Waals surface area contributed by atoms with Crippen LogP contribution in [-0.2, 0) is 9.53 Å². The maximum atomic E-state index is 13.4. The van der Waals surface area contributed by atoms with E-state index in [0.29, 0.717) is 42.0 Å². The van der Waals surface area contributed by atoms with Crippen LogP contribution in [-0.4, -0.2) is 36.4 Å². The molecule has 1 N–H and O–H groups in total. The molecule has 1 aliphatic heterocycles. The quantitative estimate of drug-likeness (QED) is 0.605. The van der Waals surface area contributed by atoms with Crippen LogP contribution < -0.4 is 0 Å². The third-order valence-corrected chi connectivity index (χ3v) is 11.0. The average molecular weight is 442 g/mol. The fourth-order valence-corrected chi connectivity index (χ4v) is 9.31. The van der Waals surface area contributed by atoms with E-state index in [2.05, 4.69) is 24.9 Å². The van der Waals surface area contributed by atoms with Crippen LogP contribution in [0.5, 0.6) is 0 Å². The summed E-state index contributed by atoms with van der Waals surface area (Å²) in [6.07, 6.45) is 17.8. The van der Waals surface area contributed by atoms with Gasteiger partial charge in [0.25, 0.3) is 0 Å². The summed E-state index contributed by atoms with van der Waals surface area (Å²) in [6, 6.07) is 0. The number of Topliss-reactive ketones (excluding diaryl/α,β-unsaturated/α-hetero) is 1. The normalized spacial score (nSPS) is 49.9. The van der Waals surface area contributed by atoms with Gasteiger partial charge in [0.2, 0.25) is 0 Å². The van der Waals surface area contributed by atoms with E-state index in [0.717, 1.165) is 43.9 Å². The molecule has 0 aromatic carbocycles. The Kier molecular flexibility index (Phi) is 5.94. The van der Waals surface area contributed by atoms with Crippen LogP contribution in [0.2, 0.25) is 0 Å². The largest absolute Gasteiger partial charge is 0.387 e. The summed E-state index contributed by atoms with van der Waals surface area (Å²) in [5, 5.41) is 11.1. The minimum absolute atomic E-state index is 0.194. The Morgan fingerprint density at radius 3 is 2.62 bits per heavy atom. The van der Waals surface area contributed by atoms with Gasteiger partial charge in [-0.1, -0.05) is 19.9 Å². The van der Waals surface area contributed by atoms with Crippen molar-refractivity contribution in [2.24, 2.45) is 51.3 Å². The average Bonchev–Trinajstić information content (AvgIpc) is 3.13. The number of rotatable bonds is 5. The summed E-state index contributed by atoms with van der Waals surface area (Å²) in [5.74, 6) is 3.96. The fraction of sp³-hybridized carbons (Fsp3) is 0.857. The van der Waals surface area contributed by atoms with Crippen LogP contribution in [0.1, 0.15) is 84.5 Å². The highest BCUT2D eigenvalue weighted by Crippen LogP contribution is 2.68. The number of hydrogen-bond donors (Lipinski definition) is 1. The number of carbonyl (C=O) groups is 1. The van der Waals surface area contributed by atoms with Gasteiger partial charge in [0, 0.05) is 31.9 Å². The molecule has 0 bridgehead atoms. The number of ketones is 1. The molecule has 0 aromatic heterocycles. The lowest BCUT2D eigenvalue weighted by molar-refractivity contribution is -0.164. The number of fused-ring (bicyclic) bond motifs is 5. The number of hydrogen-bond acceptors (Lipinski definition) is 4. The zero-order valence-electron chi connectivity index (χ0n) is 20.4. The molecule has 1 heterocycles. The van der Waals surface area contributed by atoms with Gasteiger partial charge >= 0.3 is 0 Å². The van der Waals surface area contributed by atoms with Crippen molar-refractivity contribution in [3.63, 3.8) is 0 Å². The van der Waals surface area contributed by atoms with Gasteiger partial charge < -0.3 is 9.84 Å². The zero-order chi connectivity index (χ0) is 22.6. The molecule has 4 saturated carbocycles. The van der Waals surface area contributed by atoms with Gasteiger partial charge in [-0.2, -0.15) is 0 Å². The molecule has 0 saturated heterocycles. The number of methoxy groups -OCH3 is 1. The summed E-state index contributed by atoms with van der Waals surface area (Å²) < 4.78 is 5.37. The van der Waals surface area contributed by atoms with E-state index < -0.39 is 5.60 Å². The molecule has 32 heavy (non-hydrogen) atoms. The van der Waals surface area contributed by atoms with Crippen molar-refractivity contribution in [2.75, 3.05) is 13.7 Å². The Hall–Kier alpha value is -1.00. The van der Waals surface area contributed by atoms with Crippen LogP contribution in [0.15, 0.2) is 17.3 Å². The Morgan fingerprint density at radius 1 is 1.06 bits per heavy atom. The van der Waals surface area contributed by atoms with Crippen molar-refractivity contribution in [1.82, 2.24) is 0 Å². The third kappa shape index (κ3) is 3.64. The first kappa shape index (κ1) is 22.8. The van der Waals surface area contributed by atoms with Gasteiger partial charge in [-0.3, -0.25) is 9.79 Å². The molecule has 178 valence electrons. The molecule has 5 rings (SSSR count). The van der Waals surface area contributed by atoms with Gasteiger partial charge in [0.15, 0.2) is 0 Å². The maximum Gasteiger partial charge on any atom is 0.137 e. The Balaban J connectivity index is 1.30. The molecule has 0 spiro atoms. The molecular weight excluding hydrogens is 398 g/mol. The Labute approximate surface area is 194 Å². The van der Waals surface area contributed by atoms with Crippen LogP contribution in [0, 0.1) is 46.3 Å². The standard InChI is InChI=1S/C28H43NO3/c1-26-12-13-28(31,18-32-3)17-20(26)4-5-21-22-6-7-24(27(22,2)11-8-23(21)26)25(30)16-19-9-14-29-15-10-19/h9,14-15,19-24,31H,4-8,10-13,16-18H2,1-3H3/t19?,20-,21-,22-,23-,24+,26-,27-,28+/m0/s1. The first-order chi connectivity index (χ1) is 15.3. The molecular formula is C28H43NO3. The second kappa shape index (κ2) is 8.34. The first-order valence-corrected chi connectivity index (χ1v) is 13.2. The monoisotopic (exact) mass is 441 g/mol. The fourth-order valence-electron chi connectivity index (χ4n) is 9.31. The molecule has 0 amide bonds. The number of allylic oxidation sites excluding steroid dienone is 1. The van der Waals surface area contributed by atoms with Crippen molar-refractivity contribution in [3.8, 4) is 0 Å². The Morgan fingerprint density at radius 2 is 1.88 bits per heavy atom. The molecule has 4 nitrogen and oxygen atoms in total. The molecule has 9 atom stereocenters. The summed E-state index contributed by atoms with van der Waals surface area (Å²) in [6.45, 7) is 5.48. The number of ether oxygens (including phenoxy) is 1. The smallest absolute Gasteiger partial charge is 0.137 e. The van der Waals surface area contributed by atoms with Gasteiger partial charge in [0.05, 0.1) is 12.2 Å². The van der Waals surface area contributed by atoms with Gasteiger partial charge in [-0.15, -0.1) is 0 Å². The van der Waals surface area contributed by atoms with E-state index in [4.69, 9.17) is 4.74 Å². The van der Waals surface area contributed by atoms with E-state index in [9.17, 15) is 9.90 Å². The molecule has 0 radical (unpaired) electrons. The van der Waals surface area contributed by atoms with Crippen molar-refractivity contribution in [1.29, 1.82) is 0 Å². The number of aliphatic imine (C=N–C) groups is 1. The second-order valence-corrected chi connectivity index (χ2v) is 12.5. The van der Waals surface area contributed by atoms with Gasteiger partial charge in [-0.05, 0) is 105 Å². The minimum Gasteiger partial charge on any atom is -0.387 e. The highest BCUT2D eigenvalue weighted by molar-refractivity contribution is 5.83.